The average Bonchev–Trinajstić information content (AvgIpc) is 2.68. The van der Waals surface area contributed by atoms with Crippen LogP contribution in [0.5, 0.6) is 0 Å². The lowest BCUT2D eigenvalue weighted by atomic mass is 9.96. The van der Waals surface area contributed by atoms with E-state index in [0.29, 0.717) is 17.3 Å². The van der Waals surface area contributed by atoms with Gasteiger partial charge >= 0.3 is 0 Å². The maximum atomic E-state index is 12.4. The maximum Gasteiger partial charge on any atom is 0.270 e. The number of likely N-dealkylation sites (tertiary alicyclic amines) is 1. The summed E-state index contributed by atoms with van der Waals surface area (Å²) in [4.78, 5) is 16.6. The quantitative estimate of drug-likeness (QED) is 0.887. The van der Waals surface area contributed by atoms with Crippen LogP contribution in [0.25, 0.3) is 0 Å². The van der Waals surface area contributed by atoms with Gasteiger partial charge in [-0.2, -0.15) is 0 Å². The molecular formula is C14H24N4O. The Morgan fingerprint density at radius 3 is 2.53 bits per heavy atom. The highest BCUT2D eigenvalue weighted by Gasteiger charge is 2.25. The zero-order chi connectivity index (χ0) is 14.0. The van der Waals surface area contributed by atoms with Crippen molar-refractivity contribution in [2.75, 3.05) is 39.5 Å². The van der Waals surface area contributed by atoms with Gasteiger partial charge in [0.15, 0.2) is 0 Å². The molecule has 2 rings (SSSR count). The van der Waals surface area contributed by atoms with Crippen LogP contribution in [0.2, 0.25) is 0 Å². The molecular weight excluding hydrogens is 240 g/mol. The van der Waals surface area contributed by atoms with E-state index in [-0.39, 0.29) is 5.91 Å². The number of aromatic nitrogens is 1. The first-order valence-electron chi connectivity index (χ1n) is 6.83. The third-order valence-electron chi connectivity index (χ3n) is 3.77. The summed E-state index contributed by atoms with van der Waals surface area (Å²) in [5, 5.41) is 0. The summed E-state index contributed by atoms with van der Waals surface area (Å²) in [6.45, 7) is 2.81. The molecule has 1 aromatic heterocycles. The van der Waals surface area contributed by atoms with E-state index < -0.39 is 0 Å². The van der Waals surface area contributed by atoms with E-state index in [2.05, 4.69) is 19.0 Å². The first-order chi connectivity index (χ1) is 8.97. The number of aryl methyl sites for hydroxylation is 1. The van der Waals surface area contributed by atoms with Gasteiger partial charge in [0.05, 0.1) is 5.69 Å². The predicted octanol–water partition coefficient (Wildman–Crippen LogP) is 1.02. The number of nitrogen functional groups attached to an aromatic ring is 1. The molecule has 5 nitrogen and oxygen atoms in total. The summed E-state index contributed by atoms with van der Waals surface area (Å²) < 4.78 is 1.81. The van der Waals surface area contributed by atoms with Crippen LogP contribution >= 0.6 is 0 Å². The van der Waals surface area contributed by atoms with Crippen molar-refractivity contribution in [2.24, 2.45) is 13.0 Å². The number of nitrogens with zero attached hydrogens (tertiary/aromatic N) is 3. The summed E-state index contributed by atoms with van der Waals surface area (Å²) in [7, 11) is 6.07. The Labute approximate surface area is 115 Å². The van der Waals surface area contributed by atoms with Gasteiger partial charge in [0, 0.05) is 32.9 Å². The molecule has 0 aliphatic carbocycles. The molecule has 0 bridgehead atoms. The van der Waals surface area contributed by atoms with Crippen LogP contribution in [0.3, 0.4) is 0 Å². The van der Waals surface area contributed by atoms with Crippen molar-refractivity contribution < 1.29 is 4.79 Å². The smallest absolute Gasteiger partial charge is 0.270 e. The van der Waals surface area contributed by atoms with Crippen LogP contribution in [-0.4, -0.2) is 54.0 Å². The number of carbonyl (C=O) groups excluding carboxylic acids is 1. The SMILES string of the molecule is CN(C)CC1CCN(C(=O)c2cc(N)cn2C)CC1. The zero-order valence-electron chi connectivity index (χ0n) is 12.1. The van der Waals surface area contributed by atoms with Gasteiger partial charge in [0.2, 0.25) is 0 Å². The summed E-state index contributed by atoms with van der Waals surface area (Å²) in [6, 6.07) is 1.76. The van der Waals surface area contributed by atoms with Gasteiger partial charge in [0.25, 0.3) is 5.91 Å². The molecule has 19 heavy (non-hydrogen) atoms. The predicted molar refractivity (Wildman–Crippen MR) is 77.0 cm³/mol. The molecule has 2 heterocycles. The van der Waals surface area contributed by atoms with Crippen LogP contribution < -0.4 is 5.73 Å². The molecule has 1 fully saturated rings. The number of rotatable bonds is 3. The van der Waals surface area contributed by atoms with Crippen LogP contribution in [0.4, 0.5) is 5.69 Å². The van der Waals surface area contributed by atoms with Crippen molar-refractivity contribution >= 4 is 11.6 Å². The van der Waals surface area contributed by atoms with Gasteiger partial charge in [0.1, 0.15) is 5.69 Å². The molecule has 0 aromatic carbocycles. The minimum atomic E-state index is 0.0995. The van der Waals surface area contributed by atoms with E-state index >= 15 is 0 Å². The van der Waals surface area contributed by atoms with Crippen LogP contribution in [0, 0.1) is 5.92 Å². The minimum Gasteiger partial charge on any atom is -0.397 e. The molecule has 0 spiro atoms. The lowest BCUT2D eigenvalue weighted by Crippen LogP contribution is -2.41. The molecule has 0 atom stereocenters. The van der Waals surface area contributed by atoms with Crippen LogP contribution in [-0.2, 0) is 7.05 Å². The Morgan fingerprint density at radius 2 is 2.05 bits per heavy atom. The highest BCUT2D eigenvalue weighted by Crippen LogP contribution is 2.20. The second kappa shape index (κ2) is 5.65. The topological polar surface area (TPSA) is 54.5 Å². The molecule has 5 heteroatoms. The number of carbonyl (C=O) groups is 1. The fourth-order valence-electron chi connectivity index (χ4n) is 2.80. The van der Waals surface area contributed by atoms with Gasteiger partial charge < -0.3 is 20.1 Å². The zero-order valence-corrected chi connectivity index (χ0v) is 12.1. The van der Waals surface area contributed by atoms with Crippen molar-refractivity contribution in [2.45, 2.75) is 12.8 Å². The third kappa shape index (κ3) is 3.29. The molecule has 1 aliphatic heterocycles. The molecule has 1 saturated heterocycles. The highest BCUT2D eigenvalue weighted by molar-refractivity contribution is 5.93. The molecule has 0 unspecified atom stereocenters. The van der Waals surface area contributed by atoms with E-state index in [1.807, 2.05) is 16.5 Å². The Morgan fingerprint density at radius 1 is 1.42 bits per heavy atom. The van der Waals surface area contributed by atoms with Gasteiger partial charge in [-0.15, -0.1) is 0 Å². The Kier molecular flexibility index (Phi) is 4.14. The van der Waals surface area contributed by atoms with Crippen molar-refractivity contribution in [3.63, 3.8) is 0 Å². The molecule has 0 saturated carbocycles. The summed E-state index contributed by atoms with van der Waals surface area (Å²) in [5.41, 5.74) is 7.06. The second-order valence-corrected chi connectivity index (χ2v) is 5.77. The Hall–Kier alpha value is -1.49. The van der Waals surface area contributed by atoms with Crippen LogP contribution in [0.15, 0.2) is 12.3 Å². The van der Waals surface area contributed by atoms with E-state index in [1.54, 1.807) is 12.3 Å². The highest BCUT2D eigenvalue weighted by atomic mass is 16.2. The largest absolute Gasteiger partial charge is 0.397 e. The first-order valence-corrected chi connectivity index (χ1v) is 6.83. The van der Waals surface area contributed by atoms with E-state index in [9.17, 15) is 4.79 Å². The summed E-state index contributed by atoms with van der Waals surface area (Å²) in [5.74, 6) is 0.806. The van der Waals surface area contributed by atoms with Crippen molar-refractivity contribution in [1.82, 2.24) is 14.4 Å². The molecule has 1 aliphatic rings. The standard InChI is InChI=1S/C14H24N4O/c1-16(2)9-11-4-6-18(7-5-11)14(19)13-8-12(15)10-17(13)3/h8,10-11H,4-7,9,15H2,1-3H3. The number of anilines is 1. The van der Waals surface area contributed by atoms with Crippen molar-refractivity contribution in [3.8, 4) is 0 Å². The number of amides is 1. The van der Waals surface area contributed by atoms with Crippen molar-refractivity contribution in [3.05, 3.63) is 18.0 Å². The monoisotopic (exact) mass is 264 g/mol. The lowest BCUT2D eigenvalue weighted by molar-refractivity contribution is 0.0668. The number of hydrogen-bond donors (Lipinski definition) is 1. The fourth-order valence-corrected chi connectivity index (χ4v) is 2.80. The lowest BCUT2D eigenvalue weighted by Gasteiger charge is -2.33. The number of hydrogen-bond acceptors (Lipinski definition) is 3. The van der Waals surface area contributed by atoms with Gasteiger partial charge in [-0.3, -0.25) is 4.79 Å². The number of piperidine rings is 1. The summed E-state index contributed by atoms with van der Waals surface area (Å²) >= 11 is 0. The third-order valence-corrected chi connectivity index (χ3v) is 3.77. The molecule has 2 N–H and O–H groups in total. The van der Waals surface area contributed by atoms with Gasteiger partial charge in [-0.25, -0.2) is 0 Å². The Bertz CT molecular complexity index is 444. The fraction of sp³-hybridized carbons (Fsp3) is 0.643. The van der Waals surface area contributed by atoms with Gasteiger partial charge in [-0.1, -0.05) is 0 Å². The normalized spacial score (nSPS) is 17.2. The molecule has 1 aromatic rings. The van der Waals surface area contributed by atoms with Crippen LogP contribution in [0.1, 0.15) is 23.3 Å². The minimum absolute atomic E-state index is 0.0995. The van der Waals surface area contributed by atoms with Gasteiger partial charge in [-0.05, 0) is 38.9 Å². The average molecular weight is 264 g/mol. The van der Waals surface area contributed by atoms with E-state index in [0.717, 1.165) is 32.5 Å². The summed E-state index contributed by atoms with van der Waals surface area (Å²) in [6.07, 6.45) is 3.96. The second-order valence-electron chi connectivity index (χ2n) is 5.77. The molecule has 0 radical (unpaired) electrons. The molecule has 106 valence electrons. The van der Waals surface area contributed by atoms with E-state index in [1.165, 1.54) is 0 Å². The van der Waals surface area contributed by atoms with Crippen molar-refractivity contribution in [1.29, 1.82) is 0 Å². The number of nitrogens with two attached hydrogens (primary N) is 1. The first kappa shape index (κ1) is 13.9. The van der Waals surface area contributed by atoms with E-state index in [4.69, 9.17) is 5.73 Å². The maximum absolute atomic E-state index is 12.4. The molecule has 1 amide bonds. The Balaban J connectivity index is 1.94.